The molecule has 0 aromatic heterocycles. The van der Waals surface area contributed by atoms with E-state index >= 15 is 0 Å². The first-order chi connectivity index (χ1) is 7.24. The van der Waals surface area contributed by atoms with Gasteiger partial charge in [-0.15, -0.1) is 0 Å². The summed E-state index contributed by atoms with van der Waals surface area (Å²) in [5.41, 5.74) is 0. The molecule has 1 unspecified atom stereocenters. The van der Waals surface area contributed by atoms with E-state index < -0.39 is 6.10 Å². The summed E-state index contributed by atoms with van der Waals surface area (Å²) in [5, 5.41) is 18.1. The molecule has 0 rings (SSSR count). The molecule has 0 aliphatic rings. The Morgan fingerprint density at radius 2 is 2.20 bits per heavy atom. The quantitative estimate of drug-likeness (QED) is 0.460. The van der Waals surface area contributed by atoms with Crippen LogP contribution in [0.1, 0.15) is 26.7 Å². The second-order valence-corrected chi connectivity index (χ2v) is 3.57. The summed E-state index contributed by atoms with van der Waals surface area (Å²) in [4.78, 5) is 1.90. The molecule has 0 heterocycles. The highest BCUT2D eigenvalue weighted by atomic mass is 16.5. The van der Waals surface area contributed by atoms with Gasteiger partial charge in [0.15, 0.2) is 0 Å². The van der Waals surface area contributed by atoms with Crippen molar-refractivity contribution in [3.8, 4) is 6.07 Å². The second-order valence-electron chi connectivity index (χ2n) is 3.57. The zero-order valence-corrected chi connectivity index (χ0v) is 9.78. The SMILES string of the molecule is CCCCOCC(O)CN(CC)CC#N. The van der Waals surface area contributed by atoms with E-state index in [4.69, 9.17) is 10.00 Å². The van der Waals surface area contributed by atoms with Crippen LogP contribution >= 0.6 is 0 Å². The normalized spacial score (nSPS) is 12.7. The average Bonchev–Trinajstić information content (AvgIpc) is 2.24. The molecule has 4 nitrogen and oxygen atoms in total. The number of nitrogens with zero attached hydrogens (tertiary/aromatic N) is 2. The fraction of sp³-hybridized carbons (Fsp3) is 0.909. The summed E-state index contributed by atoms with van der Waals surface area (Å²) >= 11 is 0. The first-order valence-corrected chi connectivity index (χ1v) is 5.59. The summed E-state index contributed by atoms with van der Waals surface area (Å²) in [6.07, 6.45) is 1.64. The van der Waals surface area contributed by atoms with Gasteiger partial charge in [-0.25, -0.2) is 0 Å². The highest BCUT2D eigenvalue weighted by molar-refractivity contribution is 4.77. The van der Waals surface area contributed by atoms with Gasteiger partial charge in [0.05, 0.1) is 25.3 Å². The van der Waals surface area contributed by atoms with E-state index in [1.807, 2.05) is 11.8 Å². The number of rotatable bonds is 9. The minimum atomic E-state index is -0.491. The Hall–Kier alpha value is -0.630. The van der Waals surface area contributed by atoms with E-state index in [2.05, 4.69) is 13.0 Å². The molecule has 88 valence electrons. The van der Waals surface area contributed by atoms with Gasteiger partial charge in [-0.1, -0.05) is 20.3 Å². The molecule has 0 spiro atoms. The molecule has 15 heavy (non-hydrogen) atoms. The predicted octanol–water partition coefficient (Wildman–Crippen LogP) is 1.01. The lowest BCUT2D eigenvalue weighted by atomic mass is 10.3. The molecule has 0 saturated carbocycles. The van der Waals surface area contributed by atoms with Gasteiger partial charge in [0, 0.05) is 13.2 Å². The Labute approximate surface area is 92.4 Å². The van der Waals surface area contributed by atoms with Crippen LogP contribution in [0.5, 0.6) is 0 Å². The fourth-order valence-corrected chi connectivity index (χ4v) is 1.22. The third kappa shape index (κ3) is 8.37. The molecule has 0 radical (unpaired) electrons. The van der Waals surface area contributed by atoms with Crippen LogP contribution in [0.2, 0.25) is 0 Å². The summed E-state index contributed by atoms with van der Waals surface area (Å²) in [5.74, 6) is 0. The molecule has 0 aliphatic heterocycles. The molecular weight excluding hydrogens is 192 g/mol. The van der Waals surface area contributed by atoms with Crippen molar-refractivity contribution in [3.63, 3.8) is 0 Å². The lowest BCUT2D eigenvalue weighted by Gasteiger charge is -2.20. The van der Waals surface area contributed by atoms with Gasteiger partial charge in [0.25, 0.3) is 0 Å². The van der Waals surface area contributed by atoms with Crippen molar-refractivity contribution in [1.29, 1.82) is 5.26 Å². The average molecular weight is 214 g/mol. The second kappa shape index (κ2) is 9.91. The van der Waals surface area contributed by atoms with Gasteiger partial charge in [0.2, 0.25) is 0 Å². The molecular formula is C11H22N2O2. The van der Waals surface area contributed by atoms with Crippen LogP contribution in [0, 0.1) is 11.3 Å². The predicted molar refractivity (Wildman–Crippen MR) is 59.5 cm³/mol. The maximum atomic E-state index is 9.60. The van der Waals surface area contributed by atoms with Crippen LogP contribution in [-0.4, -0.2) is 49.0 Å². The van der Waals surface area contributed by atoms with Gasteiger partial charge in [-0.05, 0) is 13.0 Å². The molecule has 0 aromatic carbocycles. The highest BCUT2D eigenvalue weighted by Gasteiger charge is 2.09. The minimum Gasteiger partial charge on any atom is -0.389 e. The van der Waals surface area contributed by atoms with Gasteiger partial charge >= 0.3 is 0 Å². The summed E-state index contributed by atoms with van der Waals surface area (Å²) in [6, 6.07) is 2.07. The van der Waals surface area contributed by atoms with Gasteiger partial charge in [-0.2, -0.15) is 5.26 Å². The lowest BCUT2D eigenvalue weighted by Crippen LogP contribution is -2.35. The first-order valence-electron chi connectivity index (χ1n) is 5.59. The number of hydrogen-bond donors (Lipinski definition) is 1. The van der Waals surface area contributed by atoms with Crippen molar-refractivity contribution in [1.82, 2.24) is 4.90 Å². The van der Waals surface area contributed by atoms with Crippen molar-refractivity contribution < 1.29 is 9.84 Å². The number of unbranched alkanes of at least 4 members (excludes halogenated alkanes) is 1. The molecule has 0 bridgehead atoms. The van der Waals surface area contributed by atoms with Crippen LogP contribution in [0.25, 0.3) is 0 Å². The molecule has 1 N–H and O–H groups in total. The smallest absolute Gasteiger partial charge is 0.0900 e. The maximum Gasteiger partial charge on any atom is 0.0900 e. The van der Waals surface area contributed by atoms with E-state index in [0.29, 0.717) is 26.3 Å². The van der Waals surface area contributed by atoms with Crippen molar-refractivity contribution in [2.75, 3.05) is 32.8 Å². The van der Waals surface area contributed by atoms with Crippen LogP contribution in [-0.2, 0) is 4.74 Å². The van der Waals surface area contributed by atoms with Crippen LogP contribution in [0.15, 0.2) is 0 Å². The zero-order chi connectivity index (χ0) is 11.5. The van der Waals surface area contributed by atoms with Crippen molar-refractivity contribution in [2.24, 2.45) is 0 Å². The molecule has 0 aromatic rings. The molecule has 0 amide bonds. The van der Waals surface area contributed by atoms with E-state index in [9.17, 15) is 5.11 Å². The third-order valence-electron chi connectivity index (χ3n) is 2.16. The third-order valence-corrected chi connectivity index (χ3v) is 2.16. The maximum absolute atomic E-state index is 9.60. The van der Waals surface area contributed by atoms with Gasteiger partial charge in [0.1, 0.15) is 0 Å². The number of nitriles is 1. The Bertz CT molecular complexity index is 180. The topological polar surface area (TPSA) is 56.5 Å². The van der Waals surface area contributed by atoms with E-state index in [1.165, 1.54) is 0 Å². The van der Waals surface area contributed by atoms with Gasteiger partial charge in [-0.3, -0.25) is 4.90 Å². The first kappa shape index (κ1) is 14.4. The number of aliphatic hydroxyl groups excluding tert-OH is 1. The number of ether oxygens (including phenoxy) is 1. The largest absolute Gasteiger partial charge is 0.389 e. The monoisotopic (exact) mass is 214 g/mol. The van der Waals surface area contributed by atoms with Gasteiger partial charge < -0.3 is 9.84 Å². The van der Waals surface area contributed by atoms with Crippen molar-refractivity contribution >= 4 is 0 Å². The summed E-state index contributed by atoms with van der Waals surface area (Å²) in [6.45, 7) is 6.80. The number of likely N-dealkylation sites (N-methyl/N-ethyl adjacent to an activating group) is 1. The van der Waals surface area contributed by atoms with E-state index in [0.717, 1.165) is 19.4 Å². The van der Waals surface area contributed by atoms with Crippen molar-refractivity contribution in [2.45, 2.75) is 32.8 Å². The van der Waals surface area contributed by atoms with E-state index in [-0.39, 0.29) is 0 Å². The summed E-state index contributed by atoms with van der Waals surface area (Å²) < 4.78 is 5.30. The Balaban J connectivity index is 3.53. The molecule has 4 heteroatoms. The standard InChI is InChI=1S/C11H22N2O2/c1-3-5-8-15-10-11(14)9-13(4-2)7-6-12/h11,14H,3-5,7-10H2,1-2H3. The van der Waals surface area contributed by atoms with Crippen molar-refractivity contribution in [3.05, 3.63) is 0 Å². The number of aliphatic hydroxyl groups is 1. The van der Waals surface area contributed by atoms with Crippen LogP contribution in [0.4, 0.5) is 0 Å². The van der Waals surface area contributed by atoms with E-state index in [1.54, 1.807) is 0 Å². The fourth-order valence-electron chi connectivity index (χ4n) is 1.22. The molecule has 0 saturated heterocycles. The zero-order valence-electron chi connectivity index (χ0n) is 9.78. The highest BCUT2D eigenvalue weighted by Crippen LogP contribution is 1.95. The molecule has 0 aliphatic carbocycles. The Kier molecular flexibility index (Phi) is 9.49. The van der Waals surface area contributed by atoms with Crippen LogP contribution < -0.4 is 0 Å². The lowest BCUT2D eigenvalue weighted by molar-refractivity contribution is 0.0187. The van der Waals surface area contributed by atoms with Crippen LogP contribution in [0.3, 0.4) is 0 Å². The molecule has 0 fully saturated rings. The molecule has 1 atom stereocenters. The Morgan fingerprint density at radius 1 is 1.47 bits per heavy atom. The Morgan fingerprint density at radius 3 is 2.73 bits per heavy atom. The number of hydrogen-bond acceptors (Lipinski definition) is 4. The minimum absolute atomic E-state index is 0.363. The summed E-state index contributed by atoms with van der Waals surface area (Å²) in [7, 11) is 0.